The zero-order chi connectivity index (χ0) is 20.8. The molecule has 6 rings (SSSR count). The Hall–Kier alpha value is -2.30. The number of aromatic nitrogens is 3. The molecule has 3 aromatic rings. The molecule has 0 saturated heterocycles. The maximum absolute atomic E-state index is 7.10. The van der Waals surface area contributed by atoms with Crippen LogP contribution in [0.25, 0.3) is 11.3 Å². The summed E-state index contributed by atoms with van der Waals surface area (Å²) in [7, 11) is 2.21. The number of likely N-dealkylation sites (N-methyl/N-ethyl adjacent to an activating group) is 1. The number of aromatic amines is 1. The van der Waals surface area contributed by atoms with Gasteiger partial charge in [-0.3, -0.25) is 0 Å². The number of nitrogens with one attached hydrogen (secondary N) is 1. The van der Waals surface area contributed by atoms with E-state index in [0.717, 1.165) is 31.6 Å². The van der Waals surface area contributed by atoms with Crippen molar-refractivity contribution in [1.29, 1.82) is 0 Å². The first-order valence-electron chi connectivity index (χ1n) is 10.9. The SMILES string of the molecule is CCc1cccc2c1-n1nc3c(c1C1(C)C2=CC(C)(Cl)c2[nH]ccc21)CN(C)CC3. The maximum atomic E-state index is 7.10. The van der Waals surface area contributed by atoms with Crippen LogP contribution in [0.1, 0.15) is 60.1 Å². The van der Waals surface area contributed by atoms with Gasteiger partial charge >= 0.3 is 0 Å². The Bertz CT molecular complexity index is 1230. The number of hydrogen-bond donors (Lipinski definition) is 1. The number of fused-ring (bicyclic) bond motifs is 10. The summed E-state index contributed by atoms with van der Waals surface area (Å²) >= 11 is 7.10. The Labute approximate surface area is 182 Å². The minimum Gasteiger partial charge on any atom is -0.363 e. The van der Waals surface area contributed by atoms with Gasteiger partial charge in [-0.2, -0.15) is 5.10 Å². The fourth-order valence-corrected chi connectivity index (χ4v) is 6.22. The van der Waals surface area contributed by atoms with Gasteiger partial charge in [-0.1, -0.05) is 31.2 Å². The summed E-state index contributed by atoms with van der Waals surface area (Å²) in [4.78, 5) is 5.29. The number of hydrogen-bond acceptors (Lipinski definition) is 2. The summed E-state index contributed by atoms with van der Waals surface area (Å²) in [6.07, 6.45) is 6.29. The van der Waals surface area contributed by atoms with E-state index in [1.165, 1.54) is 44.9 Å². The van der Waals surface area contributed by atoms with Gasteiger partial charge in [-0.15, -0.1) is 11.6 Å². The summed E-state index contributed by atoms with van der Waals surface area (Å²) in [5, 5.41) is 5.23. The fraction of sp³-hybridized carbons (Fsp3) is 0.400. The van der Waals surface area contributed by atoms with Gasteiger partial charge in [-0.05, 0) is 50.1 Å². The van der Waals surface area contributed by atoms with Crippen LogP contribution in [-0.4, -0.2) is 33.3 Å². The Balaban J connectivity index is 1.78. The third-order valence-electron chi connectivity index (χ3n) is 7.43. The highest BCUT2D eigenvalue weighted by Gasteiger charge is 2.51. The molecule has 2 unspecified atom stereocenters. The summed E-state index contributed by atoms with van der Waals surface area (Å²) in [5.41, 5.74) is 11.2. The van der Waals surface area contributed by atoms with Crippen LogP contribution in [-0.2, 0) is 29.7 Å². The maximum Gasteiger partial charge on any atom is 0.100 e. The molecule has 2 atom stereocenters. The van der Waals surface area contributed by atoms with Gasteiger partial charge in [0.25, 0.3) is 0 Å². The predicted octanol–water partition coefficient (Wildman–Crippen LogP) is 4.92. The van der Waals surface area contributed by atoms with Crippen LogP contribution in [0.3, 0.4) is 0 Å². The summed E-state index contributed by atoms with van der Waals surface area (Å²) < 4.78 is 2.28. The molecule has 0 fully saturated rings. The van der Waals surface area contributed by atoms with Crippen molar-refractivity contribution in [2.75, 3.05) is 13.6 Å². The Morgan fingerprint density at radius 1 is 1.23 bits per heavy atom. The van der Waals surface area contributed by atoms with Crippen LogP contribution in [0.2, 0.25) is 0 Å². The summed E-state index contributed by atoms with van der Waals surface area (Å²) in [6.45, 7) is 8.68. The van der Waals surface area contributed by atoms with Crippen molar-refractivity contribution in [2.24, 2.45) is 0 Å². The third-order valence-corrected chi connectivity index (χ3v) is 7.73. The zero-order valence-corrected chi connectivity index (χ0v) is 18.8. The van der Waals surface area contributed by atoms with E-state index in [9.17, 15) is 0 Å². The van der Waals surface area contributed by atoms with E-state index >= 15 is 0 Å². The second kappa shape index (κ2) is 5.89. The lowest BCUT2D eigenvalue weighted by Gasteiger charge is -2.45. The monoisotopic (exact) mass is 418 g/mol. The second-order valence-corrected chi connectivity index (χ2v) is 10.2. The van der Waals surface area contributed by atoms with Crippen molar-refractivity contribution in [1.82, 2.24) is 19.7 Å². The number of halogens is 1. The third kappa shape index (κ3) is 2.13. The van der Waals surface area contributed by atoms with Crippen molar-refractivity contribution in [3.63, 3.8) is 0 Å². The highest BCUT2D eigenvalue weighted by Crippen LogP contribution is 2.58. The van der Waals surface area contributed by atoms with Crippen LogP contribution in [0, 0.1) is 0 Å². The first-order chi connectivity index (χ1) is 14.4. The molecule has 4 nitrogen and oxygen atoms in total. The van der Waals surface area contributed by atoms with Crippen molar-refractivity contribution >= 4 is 17.2 Å². The number of alkyl halides is 1. The quantitative estimate of drug-likeness (QED) is 0.569. The van der Waals surface area contributed by atoms with Crippen LogP contribution < -0.4 is 0 Å². The Kier molecular flexibility index (Phi) is 3.63. The number of allylic oxidation sites excluding steroid dienone is 2. The number of nitrogens with zero attached hydrogens (tertiary/aromatic N) is 3. The molecule has 0 bridgehead atoms. The van der Waals surface area contributed by atoms with Gasteiger partial charge in [0.1, 0.15) is 4.87 Å². The first kappa shape index (κ1) is 18.5. The molecule has 30 heavy (non-hydrogen) atoms. The van der Waals surface area contributed by atoms with Gasteiger partial charge in [0, 0.05) is 42.5 Å². The van der Waals surface area contributed by atoms with Crippen LogP contribution >= 0.6 is 11.6 Å². The molecule has 2 aliphatic heterocycles. The van der Waals surface area contributed by atoms with E-state index < -0.39 is 4.87 Å². The molecule has 3 aliphatic rings. The topological polar surface area (TPSA) is 36.9 Å². The highest BCUT2D eigenvalue weighted by atomic mass is 35.5. The number of H-pyrrole nitrogens is 1. The van der Waals surface area contributed by atoms with E-state index in [-0.39, 0.29) is 5.41 Å². The number of rotatable bonds is 1. The molecule has 2 aromatic heterocycles. The Morgan fingerprint density at radius 3 is 2.87 bits per heavy atom. The number of para-hydroxylation sites is 1. The minimum atomic E-state index is -0.563. The molecule has 0 saturated carbocycles. The molecule has 0 spiro atoms. The van der Waals surface area contributed by atoms with E-state index in [1.54, 1.807) is 0 Å². The summed E-state index contributed by atoms with van der Waals surface area (Å²) in [5.74, 6) is 0. The van der Waals surface area contributed by atoms with Crippen molar-refractivity contribution in [3.8, 4) is 5.69 Å². The number of benzene rings is 1. The molecule has 0 amide bonds. The van der Waals surface area contributed by atoms with E-state index in [1.807, 2.05) is 6.20 Å². The summed E-state index contributed by atoms with van der Waals surface area (Å²) in [6, 6.07) is 8.88. The zero-order valence-electron chi connectivity index (χ0n) is 18.0. The second-order valence-electron chi connectivity index (χ2n) is 9.37. The van der Waals surface area contributed by atoms with Gasteiger partial charge < -0.3 is 9.88 Å². The van der Waals surface area contributed by atoms with Gasteiger partial charge in [0.15, 0.2) is 0 Å². The highest BCUT2D eigenvalue weighted by molar-refractivity contribution is 6.26. The van der Waals surface area contributed by atoms with Crippen molar-refractivity contribution in [3.05, 3.63) is 75.9 Å². The molecule has 1 aliphatic carbocycles. The lowest BCUT2D eigenvalue weighted by atomic mass is 9.63. The smallest absolute Gasteiger partial charge is 0.100 e. The fourth-order valence-electron chi connectivity index (χ4n) is 5.95. The average molecular weight is 419 g/mol. The molecular weight excluding hydrogens is 392 g/mol. The van der Waals surface area contributed by atoms with Gasteiger partial charge in [0.2, 0.25) is 0 Å². The molecule has 4 heterocycles. The molecule has 1 aromatic carbocycles. The normalized spacial score (nSPS) is 26.9. The average Bonchev–Trinajstić information content (AvgIpc) is 3.36. The van der Waals surface area contributed by atoms with Crippen LogP contribution in [0.4, 0.5) is 0 Å². The standard InChI is InChI=1S/C25H27ClN4/c1-5-15-7-6-8-16-19-13-24(2,26)22-18(9-11-27-22)25(19,3)23-17-14-29(4)12-10-20(17)28-30(23)21(15)16/h6-9,11,13,27H,5,10,12,14H2,1-4H3. The molecule has 154 valence electrons. The lowest BCUT2D eigenvalue weighted by Crippen LogP contribution is -2.40. The molecule has 1 N–H and O–H groups in total. The van der Waals surface area contributed by atoms with Crippen molar-refractivity contribution < 1.29 is 0 Å². The van der Waals surface area contributed by atoms with Crippen molar-refractivity contribution in [2.45, 2.75) is 50.4 Å². The lowest BCUT2D eigenvalue weighted by molar-refractivity contribution is 0.309. The minimum absolute atomic E-state index is 0.290. The van der Waals surface area contributed by atoms with Gasteiger partial charge in [0.05, 0.1) is 22.5 Å². The largest absolute Gasteiger partial charge is 0.363 e. The van der Waals surface area contributed by atoms with Crippen LogP contribution in [0.15, 0.2) is 36.5 Å². The van der Waals surface area contributed by atoms with E-state index in [0.29, 0.717) is 0 Å². The molecule has 0 radical (unpaired) electrons. The van der Waals surface area contributed by atoms with E-state index in [4.69, 9.17) is 16.7 Å². The van der Waals surface area contributed by atoms with Gasteiger partial charge in [-0.25, -0.2) is 4.68 Å². The predicted molar refractivity (Wildman–Crippen MR) is 121 cm³/mol. The van der Waals surface area contributed by atoms with Crippen LogP contribution in [0.5, 0.6) is 0 Å². The Morgan fingerprint density at radius 2 is 2.07 bits per heavy atom. The number of aryl methyl sites for hydroxylation is 1. The van der Waals surface area contributed by atoms with E-state index in [2.05, 4.69) is 72.7 Å². The molecule has 5 heteroatoms. The molecular formula is C25H27ClN4. The first-order valence-corrected chi connectivity index (χ1v) is 11.3.